The van der Waals surface area contributed by atoms with Crippen molar-refractivity contribution >= 4 is 38.8 Å². The third-order valence-corrected chi connectivity index (χ3v) is 5.87. The number of halogens is 1. The largest absolute Gasteiger partial charge is 0.462 e. The predicted octanol–water partition coefficient (Wildman–Crippen LogP) is 4.71. The van der Waals surface area contributed by atoms with Gasteiger partial charge in [-0.25, -0.2) is 9.18 Å². The number of esters is 1. The molecule has 1 aliphatic heterocycles. The number of benzene rings is 2. The second-order valence-electron chi connectivity index (χ2n) is 7.55. The third kappa shape index (κ3) is 2.82. The van der Waals surface area contributed by atoms with Crippen molar-refractivity contribution < 1.29 is 18.7 Å². The second-order valence-corrected chi connectivity index (χ2v) is 7.55. The highest BCUT2D eigenvalue weighted by Crippen LogP contribution is 2.38. The van der Waals surface area contributed by atoms with Gasteiger partial charge in [-0.15, -0.1) is 0 Å². The maximum Gasteiger partial charge on any atom is 0.339 e. The maximum atomic E-state index is 14.8. The van der Waals surface area contributed by atoms with Gasteiger partial charge in [0.25, 0.3) is 0 Å². The number of pyridine rings is 1. The summed E-state index contributed by atoms with van der Waals surface area (Å²) >= 11 is 0. The van der Waals surface area contributed by atoms with E-state index < -0.39 is 0 Å². The van der Waals surface area contributed by atoms with Crippen molar-refractivity contribution in [2.24, 2.45) is 0 Å². The molecule has 0 N–H and O–H groups in total. The Morgan fingerprint density at radius 3 is 2.57 bits per heavy atom. The summed E-state index contributed by atoms with van der Waals surface area (Å²) in [6, 6.07) is 13.1. The average Bonchev–Trinajstić information content (AvgIpc) is 3.12. The molecule has 1 fully saturated rings. The Morgan fingerprint density at radius 2 is 1.83 bits per heavy atom. The Kier molecular flexibility index (Phi) is 4.59. The highest BCUT2D eigenvalue weighted by atomic mass is 19.1. The van der Waals surface area contributed by atoms with Crippen LogP contribution in [0.3, 0.4) is 0 Å². The molecule has 0 spiro atoms. The second kappa shape index (κ2) is 7.29. The van der Waals surface area contributed by atoms with Gasteiger partial charge in [-0.2, -0.15) is 0 Å². The Balaban J connectivity index is 1.93. The molecule has 0 saturated carbocycles. The van der Waals surface area contributed by atoms with Gasteiger partial charge in [0.2, 0.25) is 0 Å². The van der Waals surface area contributed by atoms with Gasteiger partial charge in [0.1, 0.15) is 5.82 Å². The van der Waals surface area contributed by atoms with Gasteiger partial charge in [-0.05, 0) is 37.4 Å². The molecular formula is C24H23FN2O3. The summed E-state index contributed by atoms with van der Waals surface area (Å²) < 4.78 is 27.6. The number of hydrogen-bond acceptors (Lipinski definition) is 4. The summed E-state index contributed by atoms with van der Waals surface area (Å²) in [6.45, 7) is 6.64. The van der Waals surface area contributed by atoms with Crippen LogP contribution in [0.4, 0.5) is 10.1 Å². The number of aryl methyl sites for hydroxylation is 1. The van der Waals surface area contributed by atoms with Gasteiger partial charge in [-0.3, -0.25) is 0 Å². The minimum Gasteiger partial charge on any atom is -0.462 e. The number of rotatable bonds is 3. The van der Waals surface area contributed by atoms with Crippen LogP contribution in [0.5, 0.6) is 0 Å². The molecule has 4 aromatic rings. The van der Waals surface area contributed by atoms with Crippen LogP contribution in [0.15, 0.2) is 42.5 Å². The number of aromatic nitrogens is 1. The molecule has 1 saturated heterocycles. The zero-order valence-corrected chi connectivity index (χ0v) is 17.1. The summed E-state index contributed by atoms with van der Waals surface area (Å²) in [4.78, 5) is 14.7. The van der Waals surface area contributed by atoms with Crippen molar-refractivity contribution in [3.8, 4) is 0 Å². The molecule has 5 rings (SSSR count). The maximum absolute atomic E-state index is 14.8. The van der Waals surface area contributed by atoms with E-state index in [2.05, 4.69) is 11.0 Å². The molecule has 1 aliphatic rings. The quantitative estimate of drug-likeness (QED) is 0.365. The number of nitrogens with zero attached hydrogens (tertiary/aromatic N) is 2. The first kappa shape index (κ1) is 18.9. The lowest BCUT2D eigenvalue weighted by atomic mass is 10.0. The molecule has 30 heavy (non-hydrogen) atoms. The normalized spacial score (nSPS) is 14.7. The molecule has 0 unspecified atom stereocenters. The van der Waals surface area contributed by atoms with E-state index in [1.807, 2.05) is 35.6 Å². The predicted molar refractivity (Wildman–Crippen MR) is 116 cm³/mol. The van der Waals surface area contributed by atoms with Gasteiger partial charge in [0, 0.05) is 35.2 Å². The molecule has 3 heterocycles. The van der Waals surface area contributed by atoms with Crippen LogP contribution < -0.4 is 4.90 Å². The van der Waals surface area contributed by atoms with E-state index in [0.29, 0.717) is 38.5 Å². The first-order chi connectivity index (χ1) is 14.6. The SMILES string of the molecule is CCOC(=O)c1cc2c3ccccc3c3c(N4CCOCC4)cc(F)cc3n2c1C. The summed E-state index contributed by atoms with van der Waals surface area (Å²) in [7, 11) is 0. The number of carbonyl (C=O) groups excluding carboxylic acids is 1. The number of anilines is 1. The molecule has 0 aliphatic carbocycles. The molecule has 0 bridgehead atoms. The van der Waals surface area contributed by atoms with Crippen molar-refractivity contribution in [1.82, 2.24) is 4.40 Å². The van der Waals surface area contributed by atoms with E-state index in [9.17, 15) is 9.18 Å². The van der Waals surface area contributed by atoms with Gasteiger partial charge in [0.05, 0.1) is 36.4 Å². The first-order valence-electron chi connectivity index (χ1n) is 10.3. The van der Waals surface area contributed by atoms with Gasteiger partial charge in [-0.1, -0.05) is 24.3 Å². The van der Waals surface area contributed by atoms with Crippen LogP contribution in [0.2, 0.25) is 0 Å². The van der Waals surface area contributed by atoms with E-state index in [0.717, 1.165) is 38.6 Å². The minimum absolute atomic E-state index is 0.300. The molecule has 154 valence electrons. The van der Waals surface area contributed by atoms with Gasteiger partial charge in [0.15, 0.2) is 0 Å². The lowest BCUT2D eigenvalue weighted by Gasteiger charge is -2.30. The van der Waals surface area contributed by atoms with Crippen molar-refractivity contribution in [2.75, 3.05) is 37.8 Å². The van der Waals surface area contributed by atoms with Crippen LogP contribution in [0.1, 0.15) is 23.0 Å². The number of fused-ring (bicyclic) bond motifs is 6. The first-order valence-corrected chi connectivity index (χ1v) is 10.3. The van der Waals surface area contributed by atoms with E-state index in [-0.39, 0.29) is 11.8 Å². The molecule has 2 aromatic carbocycles. The Labute approximate surface area is 173 Å². The van der Waals surface area contributed by atoms with Crippen LogP contribution in [-0.2, 0) is 9.47 Å². The average molecular weight is 406 g/mol. The molecule has 0 amide bonds. The fourth-order valence-electron chi connectivity index (χ4n) is 4.54. The Hall–Kier alpha value is -3.12. The zero-order valence-electron chi connectivity index (χ0n) is 17.1. The number of ether oxygens (including phenoxy) is 2. The van der Waals surface area contributed by atoms with Crippen LogP contribution in [0, 0.1) is 12.7 Å². The van der Waals surface area contributed by atoms with Crippen molar-refractivity contribution in [2.45, 2.75) is 13.8 Å². The Bertz CT molecular complexity index is 1290. The molecule has 2 aromatic heterocycles. The smallest absolute Gasteiger partial charge is 0.339 e. The number of carbonyl (C=O) groups is 1. The minimum atomic E-state index is -0.360. The molecular weight excluding hydrogens is 383 g/mol. The van der Waals surface area contributed by atoms with Crippen LogP contribution in [-0.4, -0.2) is 43.3 Å². The zero-order chi connectivity index (χ0) is 20.8. The van der Waals surface area contributed by atoms with Crippen molar-refractivity contribution in [1.29, 1.82) is 0 Å². The summed E-state index contributed by atoms with van der Waals surface area (Å²) in [5, 5.41) is 3.04. The fraction of sp³-hybridized carbons (Fsp3) is 0.292. The lowest BCUT2D eigenvalue weighted by Crippen LogP contribution is -2.36. The van der Waals surface area contributed by atoms with Crippen molar-refractivity contribution in [3.63, 3.8) is 0 Å². The summed E-state index contributed by atoms with van der Waals surface area (Å²) in [5.74, 6) is -0.660. The van der Waals surface area contributed by atoms with Crippen molar-refractivity contribution in [3.05, 3.63) is 59.5 Å². The number of hydrogen-bond donors (Lipinski definition) is 0. The summed E-state index contributed by atoms with van der Waals surface area (Å²) in [5.41, 5.74) is 3.73. The third-order valence-electron chi connectivity index (χ3n) is 5.87. The van der Waals surface area contributed by atoms with Gasteiger partial charge < -0.3 is 18.8 Å². The number of morpholine rings is 1. The topological polar surface area (TPSA) is 43.2 Å². The Morgan fingerprint density at radius 1 is 1.10 bits per heavy atom. The van der Waals surface area contributed by atoms with Crippen LogP contribution in [0.25, 0.3) is 27.2 Å². The lowest BCUT2D eigenvalue weighted by molar-refractivity contribution is 0.0525. The molecule has 5 nitrogen and oxygen atoms in total. The van der Waals surface area contributed by atoms with E-state index in [1.165, 1.54) is 0 Å². The summed E-state index contributed by atoms with van der Waals surface area (Å²) in [6.07, 6.45) is 0. The highest BCUT2D eigenvalue weighted by molar-refractivity contribution is 6.18. The monoisotopic (exact) mass is 406 g/mol. The van der Waals surface area contributed by atoms with Gasteiger partial charge >= 0.3 is 5.97 Å². The van der Waals surface area contributed by atoms with E-state index in [1.54, 1.807) is 19.1 Å². The molecule has 6 heteroatoms. The standard InChI is InChI=1S/C24H23FN2O3/c1-3-30-24(28)19-14-20-17-6-4-5-7-18(17)23-21(26-8-10-29-11-9-26)12-16(25)13-22(23)27(20)15(19)2/h4-7,12-14H,3,8-11H2,1-2H3. The van der Waals surface area contributed by atoms with E-state index >= 15 is 0 Å². The molecule has 0 radical (unpaired) electrons. The fourth-order valence-corrected chi connectivity index (χ4v) is 4.54. The molecule has 0 atom stereocenters. The highest BCUT2D eigenvalue weighted by Gasteiger charge is 2.23. The van der Waals surface area contributed by atoms with E-state index in [4.69, 9.17) is 9.47 Å². The van der Waals surface area contributed by atoms with Crippen LogP contribution >= 0.6 is 0 Å².